The summed E-state index contributed by atoms with van der Waals surface area (Å²) in [5, 5.41) is 5.16. The Morgan fingerprint density at radius 2 is 1.80 bits per heavy atom. The lowest BCUT2D eigenvalue weighted by Gasteiger charge is -2.10. The molecule has 0 fully saturated rings. The van der Waals surface area contributed by atoms with E-state index in [1.54, 1.807) is 6.20 Å². The molecule has 1 aromatic heterocycles. The van der Waals surface area contributed by atoms with Gasteiger partial charge in [-0.3, -0.25) is 4.98 Å². The number of rotatable bonds is 4. The van der Waals surface area contributed by atoms with Crippen LogP contribution in [0.5, 0.6) is 0 Å². The van der Waals surface area contributed by atoms with E-state index in [2.05, 4.69) is 34.6 Å². The molecule has 0 aliphatic heterocycles. The highest BCUT2D eigenvalue weighted by atomic mass is 35.5. The molecule has 0 radical (unpaired) electrons. The van der Waals surface area contributed by atoms with Crippen LogP contribution in [0.3, 0.4) is 0 Å². The van der Waals surface area contributed by atoms with Crippen molar-refractivity contribution in [2.24, 2.45) is 0 Å². The van der Waals surface area contributed by atoms with Gasteiger partial charge < -0.3 is 5.32 Å². The maximum absolute atomic E-state index is 6.19. The average molecular weight is 283 g/mol. The highest BCUT2D eigenvalue weighted by Crippen LogP contribution is 2.27. The minimum Gasteiger partial charge on any atom is -0.383 e. The fourth-order valence-corrected chi connectivity index (χ4v) is 2.48. The first-order valence-corrected chi connectivity index (χ1v) is 7.03. The Balaban J connectivity index is 1.77. The predicted molar refractivity (Wildman–Crippen MR) is 85.4 cm³/mol. The van der Waals surface area contributed by atoms with Gasteiger partial charge >= 0.3 is 0 Å². The van der Waals surface area contributed by atoms with E-state index in [1.807, 2.05) is 30.3 Å². The molecule has 0 unspecified atom stereocenters. The Kier molecular flexibility index (Phi) is 3.84. The summed E-state index contributed by atoms with van der Waals surface area (Å²) in [6, 6.07) is 18.2. The van der Waals surface area contributed by atoms with Crippen molar-refractivity contribution in [2.45, 2.75) is 6.42 Å². The number of hydrogen-bond donors (Lipinski definition) is 1. The van der Waals surface area contributed by atoms with Gasteiger partial charge in [0.2, 0.25) is 0 Å². The Bertz CT molecular complexity index is 711. The van der Waals surface area contributed by atoms with Gasteiger partial charge in [0.05, 0.1) is 16.2 Å². The van der Waals surface area contributed by atoms with Crippen LogP contribution in [0.2, 0.25) is 5.02 Å². The Labute approximate surface area is 123 Å². The number of nitrogens with one attached hydrogen (secondary N) is 1. The predicted octanol–water partition coefficient (Wildman–Crippen LogP) is 4.54. The molecule has 0 spiro atoms. The quantitative estimate of drug-likeness (QED) is 0.760. The minimum absolute atomic E-state index is 0.738. The van der Waals surface area contributed by atoms with E-state index in [9.17, 15) is 0 Å². The largest absolute Gasteiger partial charge is 0.383 e. The number of benzene rings is 2. The summed E-state index contributed by atoms with van der Waals surface area (Å²) in [6.45, 7) is 0.872. The molecule has 0 saturated heterocycles. The van der Waals surface area contributed by atoms with Crippen LogP contribution in [0.4, 0.5) is 5.69 Å². The third kappa shape index (κ3) is 2.75. The van der Waals surface area contributed by atoms with Crippen LogP contribution in [0.1, 0.15) is 5.56 Å². The van der Waals surface area contributed by atoms with Crippen LogP contribution in [-0.2, 0) is 6.42 Å². The summed E-state index contributed by atoms with van der Waals surface area (Å²) in [5.74, 6) is 0. The van der Waals surface area contributed by atoms with E-state index >= 15 is 0 Å². The smallest absolute Gasteiger partial charge is 0.0948 e. The van der Waals surface area contributed by atoms with Crippen molar-refractivity contribution in [3.05, 3.63) is 71.4 Å². The maximum atomic E-state index is 6.19. The number of halogens is 1. The molecule has 1 N–H and O–H groups in total. The van der Waals surface area contributed by atoms with E-state index < -0.39 is 0 Å². The fraction of sp³-hybridized carbons (Fsp3) is 0.118. The molecule has 2 aromatic carbocycles. The van der Waals surface area contributed by atoms with Crippen molar-refractivity contribution in [1.29, 1.82) is 0 Å². The summed E-state index contributed by atoms with van der Waals surface area (Å²) in [5.41, 5.74) is 3.28. The molecule has 100 valence electrons. The second-order valence-electron chi connectivity index (χ2n) is 4.66. The number of anilines is 1. The van der Waals surface area contributed by atoms with Gasteiger partial charge in [-0.05, 0) is 36.2 Å². The third-order valence-electron chi connectivity index (χ3n) is 3.29. The van der Waals surface area contributed by atoms with E-state index in [4.69, 9.17) is 11.6 Å². The van der Waals surface area contributed by atoms with E-state index in [1.165, 1.54) is 5.56 Å². The zero-order valence-electron chi connectivity index (χ0n) is 11.0. The van der Waals surface area contributed by atoms with Gasteiger partial charge in [-0.25, -0.2) is 0 Å². The topological polar surface area (TPSA) is 24.9 Å². The highest BCUT2D eigenvalue weighted by Gasteiger charge is 2.04. The molecule has 0 saturated carbocycles. The monoisotopic (exact) mass is 282 g/mol. The molecule has 3 rings (SSSR count). The Morgan fingerprint density at radius 1 is 0.950 bits per heavy atom. The highest BCUT2D eigenvalue weighted by molar-refractivity contribution is 6.35. The number of nitrogens with zero attached hydrogens (tertiary/aromatic N) is 1. The number of aromatic nitrogens is 1. The molecule has 1 heterocycles. The Hall–Kier alpha value is -2.06. The second kappa shape index (κ2) is 5.93. The first-order valence-electron chi connectivity index (χ1n) is 6.65. The zero-order valence-corrected chi connectivity index (χ0v) is 11.8. The van der Waals surface area contributed by atoms with Gasteiger partial charge in [0.25, 0.3) is 0 Å². The van der Waals surface area contributed by atoms with Crippen molar-refractivity contribution in [1.82, 2.24) is 4.98 Å². The molecule has 3 heteroatoms. The first kappa shape index (κ1) is 12.9. The van der Waals surface area contributed by atoms with Gasteiger partial charge in [-0.2, -0.15) is 0 Å². The van der Waals surface area contributed by atoms with Crippen molar-refractivity contribution in [3.8, 4) is 0 Å². The molecule has 0 atom stereocenters. The lowest BCUT2D eigenvalue weighted by Crippen LogP contribution is -2.05. The van der Waals surface area contributed by atoms with E-state index in [0.29, 0.717) is 0 Å². The van der Waals surface area contributed by atoms with E-state index in [-0.39, 0.29) is 0 Å². The van der Waals surface area contributed by atoms with Gasteiger partial charge in [0.15, 0.2) is 0 Å². The molecular weight excluding hydrogens is 268 g/mol. The van der Waals surface area contributed by atoms with Crippen molar-refractivity contribution >= 4 is 28.2 Å². The van der Waals surface area contributed by atoms with Crippen molar-refractivity contribution in [3.63, 3.8) is 0 Å². The van der Waals surface area contributed by atoms with Crippen LogP contribution in [-0.4, -0.2) is 11.5 Å². The lowest BCUT2D eigenvalue weighted by molar-refractivity contribution is 1.02. The number of hydrogen-bond acceptors (Lipinski definition) is 2. The molecule has 0 bridgehead atoms. The van der Waals surface area contributed by atoms with Gasteiger partial charge in [0.1, 0.15) is 0 Å². The summed E-state index contributed by atoms with van der Waals surface area (Å²) in [7, 11) is 0. The molecule has 0 amide bonds. The number of fused-ring (bicyclic) bond motifs is 1. The summed E-state index contributed by atoms with van der Waals surface area (Å²) >= 11 is 6.19. The molecule has 20 heavy (non-hydrogen) atoms. The van der Waals surface area contributed by atoms with Crippen LogP contribution in [0, 0.1) is 0 Å². The second-order valence-corrected chi connectivity index (χ2v) is 5.06. The van der Waals surface area contributed by atoms with Gasteiger partial charge in [0, 0.05) is 18.1 Å². The average Bonchev–Trinajstić information content (AvgIpc) is 2.51. The molecular formula is C17H15ClN2. The molecule has 3 aromatic rings. The van der Waals surface area contributed by atoms with Crippen LogP contribution >= 0.6 is 11.6 Å². The van der Waals surface area contributed by atoms with Gasteiger partial charge in [-0.15, -0.1) is 0 Å². The molecule has 0 aliphatic rings. The minimum atomic E-state index is 0.738. The third-order valence-corrected chi connectivity index (χ3v) is 3.62. The van der Waals surface area contributed by atoms with Crippen LogP contribution in [0.15, 0.2) is 60.8 Å². The first-order chi connectivity index (χ1) is 9.84. The lowest BCUT2D eigenvalue weighted by atomic mass is 10.1. The SMILES string of the molecule is Clc1ccc(NCCc2ccccc2)c2ncccc12. The summed E-state index contributed by atoms with van der Waals surface area (Å²) in [4.78, 5) is 4.42. The fourth-order valence-electron chi connectivity index (χ4n) is 2.27. The normalized spacial score (nSPS) is 10.7. The number of pyridine rings is 1. The molecule has 0 aliphatic carbocycles. The van der Waals surface area contributed by atoms with Crippen LogP contribution < -0.4 is 5.32 Å². The maximum Gasteiger partial charge on any atom is 0.0948 e. The van der Waals surface area contributed by atoms with Gasteiger partial charge in [-0.1, -0.05) is 41.9 Å². The zero-order chi connectivity index (χ0) is 13.8. The summed E-state index contributed by atoms with van der Waals surface area (Å²) in [6.07, 6.45) is 2.78. The summed E-state index contributed by atoms with van der Waals surface area (Å²) < 4.78 is 0. The molecule has 2 nitrogen and oxygen atoms in total. The van der Waals surface area contributed by atoms with Crippen LogP contribution in [0.25, 0.3) is 10.9 Å². The standard InChI is InChI=1S/C17H15ClN2/c18-15-8-9-16(17-14(15)7-4-11-20-17)19-12-10-13-5-2-1-3-6-13/h1-9,11,19H,10,12H2. The van der Waals surface area contributed by atoms with Crippen molar-refractivity contribution < 1.29 is 0 Å². The Morgan fingerprint density at radius 3 is 2.65 bits per heavy atom. The van der Waals surface area contributed by atoms with E-state index in [0.717, 1.165) is 34.6 Å². The van der Waals surface area contributed by atoms with Crippen molar-refractivity contribution in [2.75, 3.05) is 11.9 Å².